The summed E-state index contributed by atoms with van der Waals surface area (Å²) >= 11 is 1.20. The summed E-state index contributed by atoms with van der Waals surface area (Å²) < 4.78 is 0. The molecule has 0 fully saturated rings. The minimum absolute atomic E-state index is 0.0166. The highest BCUT2D eigenvalue weighted by Gasteiger charge is 2.11. The number of amidine groups is 1. The number of azo groups is 1. The fourth-order valence-electron chi connectivity index (χ4n) is 2.39. The van der Waals surface area contributed by atoms with E-state index in [9.17, 15) is 9.90 Å². The van der Waals surface area contributed by atoms with Crippen molar-refractivity contribution in [1.29, 1.82) is 0 Å². The molecule has 3 aromatic rings. The third-order valence-electron chi connectivity index (χ3n) is 3.68. The molecule has 3 rings (SSSR count). The van der Waals surface area contributed by atoms with Crippen LogP contribution in [-0.2, 0) is 0 Å². The fourth-order valence-corrected chi connectivity index (χ4v) is 3.08. The number of nitrogens with one attached hydrogen (secondary N) is 1. The van der Waals surface area contributed by atoms with Crippen molar-refractivity contribution in [3.05, 3.63) is 72.8 Å². The Bertz CT molecular complexity index is 1010. The summed E-state index contributed by atoms with van der Waals surface area (Å²) in [7, 11) is 0. The van der Waals surface area contributed by atoms with Gasteiger partial charge in [0, 0.05) is 10.9 Å². The number of thioether (sulfide) groups is 1. The maximum absolute atomic E-state index is 12.3. The van der Waals surface area contributed by atoms with Crippen molar-refractivity contribution in [3.63, 3.8) is 0 Å². The number of H-pyrrole nitrogens is 1. The number of benzene rings is 2. The molecule has 0 bridgehead atoms. The van der Waals surface area contributed by atoms with E-state index >= 15 is 0 Å². The molecule has 136 valence electrons. The van der Waals surface area contributed by atoms with Gasteiger partial charge < -0.3 is 10.1 Å². The SMILES string of the molecule is C=CCN=C(N=Nc1c(O)[nH]c2ccccc12)SCC(=O)c1ccccc1. The molecular formula is C20H18N4O2S. The molecule has 0 unspecified atom stereocenters. The zero-order chi connectivity index (χ0) is 19.1. The van der Waals surface area contributed by atoms with Crippen LogP contribution in [0.2, 0.25) is 0 Å². The molecule has 0 atom stereocenters. The number of carbonyl (C=O) groups excluding carboxylic acids is 1. The summed E-state index contributed by atoms with van der Waals surface area (Å²) in [5, 5.41) is 19.5. The highest BCUT2D eigenvalue weighted by Crippen LogP contribution is 2.35. The standard InChI is InChI=1S/C20H18N4O2S/c1-2-12-21-20(27-13-17(25)14-8-4-3-5-9-14)24-23-18-15-10-6-7-11-16(15)22-19(18)26/h2-11,22,26H,1,12-13H2. The smallest absolute Gasteiger partial charge is 0.218 e. The van der Waals surface area contributed by atoms with Gasteiger partial charge in [-0.05, 0) is 6.07 Å². The Kier molecular flexibility index (Phi) is 6.17. The van der Waals surface area contributed by atoms with E-state index in [1.807, 2.05) is 42.5 Å². The lowest BCUT2D eigenvalue weighted by Gasteiger charge is -2.01. The molecule has 1 aromatic heterocycles. The maximum atomic E-state index is 12.3. The van der Waals surface area contributed by atoms with Crippen molar-refractivity contribution >= 4 is 39.3 Å². The van der Waals surface area contributed by atoms with Crippen molar-refractivity contribution in [2.24, 2.45) is 15.2 Å². The average Bonchev–Trinajstić information content (AvgIpc) is 3.03. The average molecular weight is 378 g/mol. The number of carbonyl (C=O) groups is 1. The zero-order valence-electron chi connectivity index (χ0n) is 14.5. The van der Waals surface area contributed by atoms with E-state index in [1.54, 1.807) is 18.2 Å². The number of rotatable bonds is 6. The van der Waals surface area contributed by atoms with E-state index in [2.05, 4.69) is 26.8 Å². The normalized spacial score (nSPS) is 11.9. The van der Waals surface area contributed by atoms with Crippen LogP contribution >= 0.6 is 11.8 Å². The predicted octanol–water partition coefficient (Wildman–Crippen LogP) is 5.12. The summed E-state index contributed by atoms with van der Waals surface area (Å²) in [5.41, 5.74) is 1.74. The van der Waals surface area contributed by atoms with Crippen molar-refractivity contribution in [1.82, 2.24) is 4.98 Å². The third-order valence-corrected chi connectivity index (χ3v) is 4.55. The van der Waals surface area contributed by atoms with Crippen LogP contribution in [0.4, 0.5) is 5.69 Å². The van der Waals surface area contributed by atoms with Crippen LogP contribution in [0.25, 0.3) is 10.9 Å². The van der Waals surface area contributed by atoms with E-state index < -0.39 is 0 Å². The second-order valence-electron chi connectivity index (χ2n) is 5.56. The van der Waals surface area contributed by atoms with Gasteiger partial charge in [-0.25, -0.2) is 0 Å². The van der Waals surface area contributed by atoms with E-state index in [4.69, 9.17) is 0 Å². The summed E-state index contributed by atoms with van der Waals surface area (Å²) in [6, 6.07) is 16.5. The highest BCUT2D eigenvalue weighted by atomic mass is 32.2. The number of hydrogen-bond acceptors (Lipinski definition) is 5. The first kappa shape index (κ1) is 18.6. The Morgan fingerprint density at radius 1 is 1.15 bits per heavy atom. The minimum atomic E-state index is -0.0617. The van der Waals surface area contributed by atoms with Gasteiger partial charge in [-0.2, -0.15) is 0 Å². The molecule has 0 saturated heterocycles. The van der Waals surface area contributed by atoms with Gasteiger partial charge in [0.25, 0.3) is 0 Å². The summed E-state index contributed by atoms with van der Waals surface area (Å²) in [6.07, 6.45) is 1.64. The van der Waals surface area contributed by atoms with Gasteiger partial charge in [0.1, 0.15) is 0 Å². The Hall–Kier alpha value is -3.19. The molecule has 2 N–H and O–H groups in total. The van der Waals surface area contributed by atoms with Crippen LogP contribution in [0.1, 0.15) is 10.4 Å². The summed E-state index contributed by atoms with van der Waals surface area (Å²) in [6.45, 7) is 4.00. The van der Waals surface area contributed by atoms with Crippen LogP contribution in [0.3, 0.4) is 0 Å². The maximum Gasteiger partial charge on any atom is 0.218 e. The number of aromatic amines is 1. The molecule has 0 saturated carbocycles. The number of fused-ring (bicyclic) bond motifs is 1. The first-order valence-corrected chi connectivity index (χ1v) is 9.25. The number of nitrogens with zero attached hydrogens (tertiary/aromatic N) is 3. The van der Waals surface area contributed by atoms with Crippen molar-refractivity contribution in [2.75, 3.05) is 12.3 Å². The zero-order valence-corrected chi connectivity index (χ0v) is 15.3. The van der Waals surface area contributed by atoms with Gasteiger partial charge in [-0.15, -0.1) is 16.8 Å². The number of para-hydroxylation sites is 1. The second kappa shape index (κ2) is 8.95. The highest BCUT2D eigenvalue weighted by molar-refractivity contribution is 8.14. The van der Waals surface area contributed by atoms with Gasteiger partial charge in [-0.1, -0.05) is 66.4 Å². The lowest BCUT2D eigenvalue weighted by atomic mass is 10.2. The van der Waals surface area contributed by atoms with Crippen molar-refractivity contribution < 1.29 is 9.90 Å². The minimum Gasteiger partial charge on any atom is -0.493 e. The second-order valence-corrected chi connectivity index (χ2v) is 6.50. The van der Waals surface area contributed by atoms with Gasteiger partial charge in [0.05, 0.1) is 17.8 Å². The molecule has 2 aromatic carbocycles. The molecule has 7 heteroatoms. The van der Waals surface area contributed by atoms with Crippen LogP contribution < -0.4 is 0 Å². The number of ketones is 1. The van der Waals surface area contributed by atoms with Gasteiger partial charge in [0.15, 0.2) is 11.5 Å². The van der Waals surface area contributed by atoms with Crippen molar-refractivity contribution in [3.8, 4) is 5.88 Å². The first-order valence-electron chi connectivity index (χ1n) is 8.27. The Labute approximate surface area is 160 Å². The van der Waals surface area contributed by atoms with E-state index in [-0.39, 0.29) is 17.4 Å². The Morgan fingerprint density at radius 3 is 2.67 bits per heavy atom. The van der Waals surface area contributed by atoms with Gasteiger partial charge in [-0.3, -0.25) is 9.79 Å². The van der Waals surface area contributed by atoms with Crippen molar-refractivity contribution in [2.45, 2.75) is 0 Å². The molecule has 27 heavy (non-hydrogen) atoms. The molecule has 1 heterocycles. The molecule has 0 amide bonds. The summed E-state index contributed by atoms with van der Waals surface area (Å²) in [4.78, 5) is 19.4. The number of aliphatic imine (C=N–C) groups is 1. The van der Waals surface area contributed by atoms with E-state index in [0.29, 0.717) is 23.0 Å². The van der Waals surface area contributed by atoms with Gasteiger partial charge >= 0.3 is 0 Å². The molecular weight excluding hydrogens is 360 g/mol. The number of aromatic hydroxyl groups is 1. The van der Waals surface area contributed by atoms with Crippen LogP contribution in [0.15, 0.2) is 82.5 Å². The molecule has 0 aliphatic carbocycles. The van der Waals surface area contributed by atoms with Crippen LogP contribution in [0, 0.1) is 0 Å². The largest absolute Gasteiger partial charge is 0.493 e. The fraction of sp³-hybridized carbons (Fsp3) is 0.100. The Morgan fingerprint density at radius 2 is 1.89 bits per heavy atom. The molecule has 6 nitrogen and oxygen atoms in total. The number of Topliss-reactive ketones (excluding diaryl/α,β-unsaturated/α-hetero) is 1. The molecule has 0 aliphatic heterocycles. The van der Waals surface area contributed by atoms with E-state index in [1.165, 1.54) is 11.8 Å². The van der Waals surface area contributed by atoms with E-state index in [0.717, 1.165) is 10.9 Å². The van der Waals surface area contributed by atoms with Gasteiger partial charge in [0.2, 0.25) is 11.0 Å². The Balaban J connectivity index is 1.77. The third kappa shape index (κ3) is 4.71. The lowest BCUT2D eigenvalue weighted by molar-refractivity contribution is 0.102. The monoisotopic (exact) mass is 378 g/mol. The first-order chi connectivity index (χ1) is 13.2. The predicted molar refractivity (Wildman–Crippen MR) is 110 cm³/mol. The quantitative estimate of drug-likeness (QED) is 0.205. The lowest BCUT2D eigenvalue weighted by Crippen LogP contribution is -2.04. The molecule has 0 spiro atoms. The van der Waals surface area contributed by atoms with Crippen LogP contribution in [-0.4, -0.2) is 33.3 Å². The number of hydrogen-bond donors (Lipinski definition) is 2. The summed E-state index contributed by atoms with van der Waals surface area (Å²) in [5.74, 6) is 0.115. The van der Waals surface area contributed by atoms with Crippen LogP contribution in [0.5, 0.6) is 5.88 Å². The molecule has 0 aliphatic rings. The topological polar surface area (TPSA) is 90.2 Å². The number of aromatic nitrogens is 1. The molecule has 0 radical (unpaired) electrons.